The van der Waals surface area contributed by atoms with Gasteiger partial charge in [-0.1, -0.05) is 68.8 Å². The first-order chi connectivity index (χ1) is 13.3. The van der Waals surface area contributed by atoms with E-state index in [2.05, 4.69) is 24.4 Å². The maximum absolute atomic E-state index is 12.5. The van der Waals surface area contributed by atoms with Crippen LogP contribution in [0.5, 0.6) is 0 Å². The van der Waals surface area contributed by atoms with E-state index in [1.54, 1.807) is 12.1 Å². The normalized spacial score (nSPS) is 12.4. The second kappa shape index (κ2) is 10.3. The standard InChI is InChI=1S/C22H30N2O3S/c1-4-18(15-19-11-7-6-8-12-19)16-23-22(25)17-24(28(3,26)27)21-14-10-9-13-20(21)5-2/h6-14,18H,4-5,15-17H2,1-3H3,(H,23,25). The van der Waals surface area contributed by atoms with E-state index in [4.69, 9.17) is 0 Å². The summed E-state index contributed by atoms with van der Waals surface area (Å²) in [6.45, 7) is 4.38. The van der Waals surface area contributed by atoms with Gasteiger partial charge in [0.05, 0.1) is 11.9 Å². The van der Waals surface area contributed by atoms with Crippen molar-refractivity contribution >= 4 is 21.6 Å². The number of rotatable bonds is 10. The molecular formula is C22H30N2O3S. The zero-order chi connectivity index (χ0) is 20.6. The van der Waals surface area contributed by atoms with Crippen LogP contribution in [0, 0.1) is 5.92 Å². The molecule has 0 heterocycles. The minimum absolute atomic E-state index is 0.211. The quantitative estimate of drug-likeness (QED) is 0.662. The van der Waals surface area contributed by atoms with Gasteiger partial charge in [-0.15, -0.1) is 0 Å². The summed E-state index contributed by atoms with van der Waals surface area (Å²) in [6, 6.07) is 17.5. The Hall–Kier alpha value is -2.34. The van der Waals surface area contributed by atoms with Gasteiger partial charge in [-0.2, -0.15) is 0 Å². The van der Waals surface area contributed by atoms with Crippen molar-refractivity contribution in [3.8, 4) is 0 Å². The molecule has 1 unspecified atom stereocenters. The average molecular weight is 403 g/mol. The molecule has 0 radical (unpaired) electrons. The number of hydrogen-bond acceptors (Lipinski definition) is 3. The second-order valence-electron chi connectivity index (χ2n) is 7.02. The van der Waals surface area contributed by atoms with Crippen molar-refractivity contribution in [1.29, 1.82) is 0 Å². The van der Waals surface area contributed by atoms with Crippen LogP contribution in [-0.2, 0) is 27.7 Å². The summed E-state index contributed by atoms with van der Waals surface area (Å²) in [5.41, 5.74) is 2.70. The number of carbonyl (C=O) groups excluding carboxylic acids is 1. The van der Waals surface area contributed by atoms with Gasteiger partial charge >= 0.3 is 0 Å². The van der Waals surface area contributed by atoms with Gasteiger partial charge in [0, 0.05) is 6.54 Å². The highest BCUT2D eigenvalue weighted by atomic mass is 32.2. The zero-order valence-electron chi connectivity index (χ0n) is 16.9. The summed E-state index contributed by atoms with van der Waals surface area (Å²) in [5, 5.41) is 2.92. The molecule has 0 saturated carbocycles. The lowest BCUT2D eigenvalue weighted by Crippen LogP contribution is -2.42. The summed E-state index contributed by atoms with van der Waals surface area (Å²) in [6.07, 6.45) is 3.64. The molecule has 0 aliphatic rings. The van der Waals surface area contributed by atoms with Gasteiger partial charge in [0.15, 0.2) is 0 Å². The lowest BCUT2D eigenvalue weighted by Gasteiger charge is -2.25. The number of nitrogens with zero attached hydrogens (tertiary/aromatic N) is 1. The number of sulfonamides is 1. The Morgan fingerprint density at radius 3 is 2.29 bits per heavy atom. The highest BCUT2D eigenvalue weighted by molar-refractivity contribution is 7.92. The fraction of sp³-hybridized carbons (Fsp3) is 0.409. The minimum Gasteiger partial charge on any atom is -0.354 e. The van der Waals surface area contributed by atoms with Crippen LogP contribution in [0.25, 0.3) is 0 Å². The van der Waals surface area contributed by atoms with Crippen molar-refractivity contribution in [2.24, 2.45) is 5.92 Å². The number of nitrogens with one attached hydrogen (secondary N) is 1. The van der Waals surface area contributed by atoms with Gasteiger partial charge < -0.3 is 5.32 Å². The van der Waals surface area contributed by atoms with Crippen LogP contribution in [0.1, 0.15) is 31.4 Å². The zero-order valence-corrected chi connectivity index (χ0v) is 17.7. The van der Waals surface area contributed by atoms with Gasteiger partial charge in [-0.3, -0.25) is 9.10 Å². The molecular weight excluding hydrogens is 372 g/mol. The maximum Gasteiger partial charge on any atom is 0.240 e. The monoisotopic (exact) mass is 402 g/mol. The van der Waals surface area contributed by atoms with Gasteiger partial charge in [-0.25, -0.2) is 8.42 Å². The third-order valence-electron chi connectivity index (χ3n) is 4.86. The van der Waals surface area contributed by atoms with Crippen molar-refractivity contribution in [3.05, 3.63) is 65.7 Å². The highest BCUT2D eigenvalue weighted by Crippen LogP contribution is 2.23. The van der Waals surface area contributed by atoms with Crippen LogP contribution in [0.2, 0.25) is 0 Å². The molecule has 0 saturated heterocycles. The first kappa shape index (κ1) is 22.0. The molecule has 0 aromatic heterocycles. The first-order valence-corrected chi connectivity index (χ1v) is 11.6. The van der Waals surface area contributed by atoms with Gasteiger partial charge in [0.1, 0.15) is 6.54 Å². The Bertz CT molecular complexity index is 866. The number of amides is 1. The molecule has 1 atom stereocenters. The summed E-state index contributed by atoms with van der Waals surface area (Å²) in [7, 11) is -3.57. The molecule has 1 N–H and O–H groups in total. The number of hydrogen-bond donors (Lipinski definition) is 1. The number of benzene rings is 2. The van der Waals surface area contributed by atoms with E-state index < -0.39 is 10.0 Å². The maximum atomic E-state index is 12.5. The Morgan fingerprint density at radius 2 is 1.68 bits per heavy atom. The van der Waals surface area contributed by atoms with E-state index >= 15 is 0 Å². The summed E-state index contributed by atoms with van der Waals surface area (Å²) in [5.74, 6) is 0.0174. The number of anilines is 1. The third kappa shape index (κ3) is 6.37. The van der Waals surface area contributed by atoms with Gasteiger partial charge in [-0.05, 0) is 36.0 Å². The summed E-state index contributed by atoms with van der Waals surface area (Å²) in [4.78, 5) is 12.5. The number of carbonyl (C=O) groups is 1. The molecule has 2 aromatic rings. The largest absolute Gasteiger partial charge is 0.354 e. The molecule has 5 nitrogen and oxygen atoms in total. The molecule has 0 bridgehead atoms. The lowest BCUT2D eigenvalue weighted by atomic mass is 9.97. The van der Waals surface area contributed by atoms with E-state index in [9.17, 15) is 13.2 Å². The molecule has 2 aromatic carbocycles. The van der Waals surface area contributed by atoms with Crippen LogP contribution < -0.4 is 9.62 Å². The fourth-order valence-electron chi connectivity index (χ4n) is 3.19. The van der Waals surface area contributed by atoms with Crippen LogP contribution in [0.15, 0.2) is 54.6 Å². The molecule has 0 aliphatic heterocycles. The van der Waals surface area contributed by atoms with Crippen LogP contribution in [0.3, 0.4) is 0 Å². The average Bonchev–Trinajstić information content (AvgIpc) is 2.69. The van der Waals surface area contributed by atoms with Crippen molar-refractivity contribution in [2.75, 3.05) is 23.7 Å². The predicted molar refractivity (Wildman–Crippen MR) is 115 cm³/mol. The SMILES string of the molecule is CCc1ccccc1N(CC(=O)NCC(CC)Cc1ccccc1)S(C)(=O)=O. The molecule has 6 heteroatoms. The molecule has 0 aliphatic carbocycles. The van der Waals surface area contributed by atoms with Crippen LogP contribution in [0.4, 0.5) is 5.69 Å². The fourth-order valence-corrected chi connectivity index (χ4v) is 4.07. The Morgan fingerprint density at radius 1 is 1.04 bits per heavy atom. The second-order valence-corrected chi connectivity index (χ2v) is 8.93. The van der Waals surface area contributed by atoms with Crippen LogP contribution >= 0.6 is 0 Å². The van der Waals surface area contributed by atoms with E-state index in [-0.39, 0.29) is 12.5 Å². The van der Waals surface area contributed by atoms with Crippen molar-refractivity contribution in [1.82, 2.24) is 5.32 Å². The number of para-hydroxylation sites is 1. The molecule has 0 spiro atoms. The van der Waals surface area contributed by atoms with Gasteiger partial charge in [0.2, 0.25) is 15.9 Å². The highest BCUT2D eigenvalue weighted by Gasteiger charge is 2.23. The Labute approximate surface area is 168 Å². The predicted octanol–water partition coefficient (Wildman–Crippen LogP) is 3.40. The van der Waals surface area contributed by atoms with Crippen molar-refractivity contribution in [3.63, 3.8) is 0 Å². The Balaban J connectivity index is 2.03. The topological polar surface area (TPSA) is 66.5 Å². The van der Waals surface area contributed by atoms with Crippen LogP contribution in [-0.4, -0.2) is 33.7 Å². The third-order valence-corrected chi connectivity index (χ3v) is 5.99. The minimum atomic E-state index is -3.57. The first-order valence-electron chi connectivity index (χ1n) is 9.71. The summed E-state index contributed by atoms with van der Waals surface area (Å²) >= 11 is 0. The van der Waals surface area contributed by atoms with E-state index in [0.717, 1.165) is 24.7 Å². The molecule has 1 amide bonds. The van der Waals surface area contributed by atoms with Crippen molar-refractivity contribution < 1.29 is 13.2 Å². The molecule has 28 heavy (non-hydrogen) atoms. The van der Waals surface area contributed by atoms with E-state index in [1.807, 2.05) is 37.3 Å². The smallest absolute Gasteiger partial charge is 0.240 e. The molecule has 0 fully saturated rings. The number of aryl methyl sites for hydroxylation is 1. The summed E-state index contributed by atoms with van der Waals surface area (Å²) < 4.78 is 25.8. The van der Waals surface area contributed by atoms with Gasteiger partial charge in [0.25, 0.3) is 0 Å². The van der Waals surface area contributed by atoms with E-state index in [1.165, 1.54) is 9.87 Å². The molecule has 2 rings (SSSR count). The van der Waals surface area contributed by atoms with E-state index in [0.29, 0.717) is 24.6 Å². The molecule has 152 valence electrons. The van der Waals surface area contributed by atoms with Crippen molar-refractivity contribution in [2.45, 2.75) is 33.1 Å². The lowest BCUT2D eigenvalue weighted by molar-refractivity contribution is -0.119. The Kier molecular flexibility index (Phi) is 8.05.